The zero-order valence-corrected chi connectivity index (χ0v) is 16.9. The molecule has 1 N–H and O–H groups in total. The summed E-state index contributed by atoms with van der Waals surface area (Å²) in [7, 11) is 0. The number of aryl methyl sites for hydroxylation is 1. The average Bonchev–Trinajstić information content (AvgIpc) is 3.15. The molecule has 5 nitrogen and oxygen atoms in total. The predicted molar refractivity (Wildman–Crippen MR) is 114 cm³/mol. The molecule has 0 saturated heterocycles. The summed E-state index contributed by atoms with van der Waals surface area (Å²) in [5.74, 6) is 0.0439. The Morgan fingerprint density at radius 1 is 1.10 bits per heavy atom. The Bertz CT molecular complexity index is 1180. The lowest BCUT2D eigenvalue weighted by Gasteiger charge is -2.10. The highest BCUT2D eigenvalue weighted by Gasteiger charge is 2.17. The van der Waals surface area contributed by atoms with Gasteiger partial charge in [-0.2, -0.15) is 0 Å². The van der Waals surface area contributed by atoms with E-state index < -0.39 is 5.82 Å². The van der Waals surface area contributed by atoms with Crippen molar-refractivity contribution in [3.63, 3.8) is 0 Å². The fourth-order valence-corrected chi connectivity index (χ4v) is 3.85. The lowest BCUT2D eigenvalue weighted by molar-refractivity contribution is 0.0954. The highest BCUT2D eigenvalue weighted by Crippen LogP contribution is 2.28. The first-order valence-corrected chi connectivity index (χ1v) is 10.1. The van der Waals surface area contributed by atoms with Gasteiger partial charge >= 0.3 is 0 Å². The Labute approximate surface area is 177 Å². The third-order valence-electron chi connectivity index (χ3n) is 4.32. The third kappa shape index (κ3) is 4.52. The Morgan fingerprint density at radius 3 is 2.73 bits per heavy atom. The molecule has 0 unspecified atom stereocenters. The second-order valence-electron chi connectivity index (χ2n) is 6.51. The van der Waals surface area contributed by atoms with Crippen molar-refractivity contribution in [3.8, 4) is 22.2 Å². The van der Waals surface area contributed by atoms with Gasteiger partial charge in [-0.05, 0) is 25.1 Å². The first kappa shape index (κ1) is 19.7. The van der Waals surface area contributed by atoms with Crippen LogP contribution in [0.3, 0.4) is 0 Å². The quantitative estimate of drug-likeness (QED) is 0.456. The van der Waals surface area contributed by atoms with E-state index in [1.807, 2.05) is 37.3 Å². The maximum Gasteiger partial charge on any atom is 0.263 e. The molecule has 0 atom stereocenters. The van der Waals surface area contributed by atoms with E-state index in [2.05, 4.69) is 15.3 Å². The van der Waals surface area contributed by atoms with Crippen LogP contribution in [0, 0.1) is 12.7 Å². The number of thiazole rings is 1. The van der Waals surface area contributed by atoms with Crippen molar-refractivity contribution in [2.75, 3.05) is 0 Å². The lowest BCUT2D eigenvalue weighted by atomic mass is 10.2. The number of pyridine rings is 1. The minimum absolute atomic E-state index is 0.215. The normalized spacial score (nSPS) is 10.6. The molecule has 0 aliphatic carbocycles. The molecular weight excluding hydrogens is 401 g/mol. The van der Waals surface area contributed by atoms with E-state index in [0.29, 0.717) is 27.8 Å². The summed E-state index contributed by atoms with van der Waals surface area (Å²) in [5.41, 5.74) is 2.34. The Morgan fingerprint density at radius 2 is 1.93 bits per heavy atom. The number of nitrogens with one attached hydrogen (secondary N) is 1. The lowest BCUT2D eigenvalue weighted by Crippen LogP contribution is -2.23. The second-order valence-corrected chi connectivity index (χ2v) is 7.51. The van der Waals surface area contributed by atoms with E-state index in [0.717, 1.165) is 10.6 Å². The molecule has 0 fully saturated rings. The monoisotopic (exact) mass is 419 g/mol. The molecule has 0 aliphatic heterocycles. The molecule has 7 heteroatoms. The molecule has 30 heavy (non-hydrogen) atoms. The molecule has 0 spiro atoms. The van der Waals surface area contributed by atoms with Crippen LogP contribution < -0.4 is 10.1 Å². The molecule has 0 aliphatic rings. The van der Waals surface area contributed by atoms with E-state index in [1.54, 1.807) is 30.5 Å². The van der Waals surface area contributed by atoms with Crippen LogP contribution >= 0.6 is 11.3 Å². The zero-order valence-electron chi connectivity index (χ0n) is 16.1. The molecule has 0 bridgehead atoms. The summed E-state index contributed by atoms with van der Waals surface area (Å²) in [5, 5.41) is 3.70. The van der Waals surface area contributed by atoms with Crippen molar-refractivity contribution in [1.82, 2.24) is 15.3 Å². The predicted octanol–water partition coefficient (Wildman–Crippen LogP) is 5.37. The van der Waals surface area contributed by atoms with Gasteiger partial charge in [0.25, 0.3) is 5.91 Å². The Hall–Kier alpha value is -3.58. The van der Waals surface area contributed by atoms with Gasteiger partial charge in [-0.25, -0.2) is 14.4 Å². The first-order valence-electron chi connectivity index (χ1n) is 9.28. The van der Waals surface area contributed by atoms with Gasteiger partial charge in [0, 0.05) is 29.9 Å². The Kier molecular flexibility index (Phi) is 5.81. The number of halogens is 1. The van der Waals surface area contributed by atoms with E-state index in [-0.39, 0.29) is 12.5 Å². The summed E-state index contributed by atoms with van der Waals surface area (Å²) in [6, 6.07) is 19.1. The third-order valence-corrected chi connectivity index (χ3v) is 5.53. The van der Waals surface area contributed by atoms with Crippen LogP contribution in [0.4, 0.5) is 4.39 Å². The SMILES string of the molecule is Cc1nc(-c2ccccc2)sc1C(=O)NCc1cccnc1Oc1cccc(F)c1. The molecule has 4 aromatic rings. The number of rotatable bonds is 6. The van der Waals surface area contributed by atoms with Crippen molar-refractivity contribution < 1.29 is 13.9 Å². The van der Waals surface area contributed by atoms with Crippen molar-refractivity contribution in [1.29, 1.82) is 0 Å². The molecule has 1 amide bonds. The van der Waals surface area contributed by atoms with Gasteiger partial charge in [0.15, 0.2) is 0 Å². The highest BCUT2D eigenvalue weighted by atomic mass is 32.1. The maximum absolute atomic E-state index is 13.4. The van der Waals surface area contributed by atoms with E-state index in [9.17, 15) is 9.18 Å². The maximum atomic E-state index is 13.4. The molecule has 0 radical (unpaired) electrons. The molecule has 2 heterocycles. The molecule has 150 valence electrons. The summed E-state index contributed by atoms with van der Waals surface area (Å²) in [6.07, 6.45) is 1.58. The van der Waals surface area contributed by atoms with Crippen molar-refractivity contribution in [2.24, 2.45) is 0 Å². The van der Waals surface area contributed by atoms with Crippen molar-refractivity contribution in [3.05, 3.63) is 94.9 Å². The molecule has 2 aromatic heterocycles. The standard InChI is InChI=1S/C23H18FN3O2S/c1-15-20(30-23(27-15)16-7-3-2-4-8-16)21(28)26-14-17-9-6-12-25-22(17)29-19-11-5-10-18(24)13-19/h2-13H,14H2,1H3,(H,26,28). The summed E-state index contributed by atoms with van der Waals surface area (Å²) in [4.78, 5) is 22.0. The number of amides is 1. The van der Waals surface area contributed by atoms with Gasteiger partial charge in [-0.15, -0.1) is 11.3 Å². The van der Waals surface area contributed by atoms with E-state index >= 15 is 0 Å². The van der Waals surface area contributed by atoms with Crippen molar-refractivity contribution >= 4 is 17.2 Å². The molecule has 0 saturated carbocycles. The number of carbonyl (C=O) groups excluding carboxylic acids is 1. The van der Waals surface area contributed by atoms with Gasteiger partial charge in [0.2, 0.25) is 5.88 Å². The van der Waals surface area contributed by atoms with Gasteiger partial charge in [0.1, 0.15) is 21.5 Å². The van der Waals surface area contributed by atoms with Gasteiger partial charge in [-0.1, -0.05) is 42.5 Å². The minimum Gasteiger partial charge on any atom is -0.439 e. The second kappa shape index (κ2) is 8.84. The van der Waals surface area contributed by atoms with Crippen LogP contribution in [0.15, 0.2) is 72.9 Å². The Balaban J connectivity index is 1.48. The summed E-state index contributed by atoms with van der Waals surface area (Å²) in [6.45, 7) is 2.04. The minimum atomic E-state index is -0.395. The van der Waals surface area contributed by atoms with Crippen LogP contribution in [-0.2, 0) is 6.54 Å². The van der Waals surface area contributed by atoms with E-state index in [4.69, 9.17) is 4.74 Å². The van der Waals surface area contributed by atoms with Gasteiger partial charge in [0.05, 0.1) is 5.69 Å². The fourth-order valence-electron chi connectivity index (χ4n) is 2.86. The molecular formula is C23H18FN3O2S. The van der Waals surface area contributed by atoms with Gasteiger partial charge < -0.3 is 10.1 Å². The van der Waals surface area contributed by atoms with E-state index in [1.165, 1.54) is 23.5 Å². The van der Waals surface area contributed by atoms with Crippen LogP contribution in [0.25, 0.3) is 10.6 Å². The van der Waals surface area contributed by atoms with Crippen LogP contribution in [0.2, 0.25) is 0 Å². The highest BCUT2D eigenvalue weighted by molar-refractivity contribution is 7.17. The number of ether oxygens (including phenoxy) is 1. The van der Waals surface area contributed by atoms with Crippen LogP contribution in [0.1, 0.15) is 20.9 Å². The van der Waals surface area contributed by atoms with Crippen molar-refractivity contribution in [2.45, 2.75) is 13.5 Å². The number of carbonyl (C=O) groups is 1. The number of nitrogens with zero attached hydrogens (tertiary/aromatic N) is 2. The molecule has 4 rings (SSSR count). The summed E-state index contributed by atoms with van der Waals surface area (Å²) < 4.78 is 19.1. The molecule has 2 aromatic carbocycles. The topological polar surface area (TPSA) is 64.1 Å². The van der Waals surface area contributed by atoms with Crippen LogP contribution in [0.5, 0.6) is 11.6 Å². The summed E-state index contributed by atoms with van der Waals surface area (Å²) >= 11 is 1.35. The number of benzene rings is 2. The smallest absolute Gasteiger partial charge is 0.263 e. The zero-order chi connectivity index (χ0) is 20.9. The average molecular weight is 419 g/mol. The van der Waals surface area contributed by atoms with Gasteiger partial charge in [-0.3, -0.25) is 4.79 Å². The number of hydrogen-bond acceptors (Lipinski definition) is 5. The fraction of sp³-hybridized carbons (Fsp3) is 0.0870. The number of hydrogen-bond donors (Lipinski definition) is 1. The van der Waals surface area contributed by atoms with Crippen LogP contribution in [-0.4, -0.2) is 15.9 Å². The largest absolute Gasteiger partial charge is 0.439 e. The number of aromatic nitrogens is 2. The first-order chi connectivity index (χ1) is 14.6.